The molecule has 0 aliphatic carbocycles. The van der Waals surface area contributed by atoms with Crippen LogP contribution >= 0.6 is 0 Å². The van der Waals surface area contributed by atoms with Crippen LogP contribution in [0.4, 0.5) is 0 Å². The molecule has 126 valence electrons. The van der Waals surface area contributed by atoms with Crippen molar-refractivity contribution in [2.45, 2.75) is 71.6 Å². The van der Waals surface area contributed by atoms with Gasteiger partial charge in [0.15, 0.2) is 0 Å². The van der Waals surface area contributed by atoms with E-state index in [1.165, 1.54) is 25.7 Å². The van der Waals surface area contributed by atoms with Gasteiger partial charge in [0.25, 0.3) is 0 Å². The second-order valence-electron chi connectivity index (χ2n) is 7.15. The Morgan fingerprint density at radius 3 is 2.09 bits per heavy atom. The van der Waals surface area contributed by atoms with Gasteiger partial charge in [0.1, 0.15) is 0 Å². The van der Waals surface area contributed by atoms with E-state index in [1.54, 1.807) is 0 Å². The van der Waals surface area contributed by atoms with Gasteiger partial charge in [-0.1, -0.05) is 83.2 Å². The number of hydrogen-bond donors (Lipinski definition) is 1. The van der Waals surface area contributed by atoms with Crippen molar-refractivity contribution < 1.29 is 9.90 Å². The molecule has 0 aliphatic heterocycles. The molecule has 0 spiro atoms. The molecular formula is C19H33NO2. The fraction of sp³-hybridized carbons (Fsp3) is 0.632. The number of unbranched alkanes of at least 4 members (excludes halogenated alkanes) is 4. The zero-order valence-corrected chi connectivity index (χ0v) is 14.7. The molecule has 1 atom stereocenters. The highest BCUT2D eigenvalue weighted by atomic mass is 16.4. The van der Waals surface area contributed by atoms with Crippen molar-refractivity contribution in [3.05, 3.63) is 35.9 Å². The van der Waals surface area contributed by atoms with E-state index in [0.717, 1.165) is 18.4 Å². The number of benzene rings is 1. The highest BCUT2D eigenvalue weighted by molar-refractivity contribution is 5.73. The molecule has 0 radical (unpaired) electrons. The van der Waals surface area contributed by atoms with Crippen molar-refractivity contribution in [1.29, 1.82) is 0 Å². The second-order valence-corrected chi connectivity index (χ2v) is 7.15. The van der Waals surface area contributed by atoms with Crippen molar-refractivity contribution in [2.75, 3.05) is 0 Å². The number of quaternary nitrogens is 1. The van der Waals surface area contributed by atoms with E-state index >= 15 is 0 Å². The van der Waals surface area contributed by atoms with E-state index in [4.69, 9.17) is 0 Å². The Bertz CT molecular complexity index is 409. The molecule has 0 bridgehead atoms. The Morgan fingerprint density at radius 2 is 1.55 bits per heavy atom. The molecule has 1 aromatic carbocycles. The Labute approximate surface area is 135 Å². The molecular weight excluding hydrogens is 274 g/mol. The Balaban J connectivity index is 0.00000441. The van der Waals surface area contributed by atoms with Crippen LogP contribution < -0.4 is 11.3 Å². The van der Waals surface area contributed by atoms with Crippen LogP contribution in [0.15, 0.2) is 30.3 Å². The monoisotopic (exact) mass is 307 g/mol. The number of hydrogen-bond acceptors (Lipinski definition) is 2. The second kappa shape index (κ2) is 10.4. The molecule has 1 aromatic rings. The van der Waals surface area contributed by atoms with Gasteiger partial charge in [-0.05, 0) is 23.8 Å². The zero-order valence-electron chi connectivity index (χ0n) is 14.7. The van der Waals surface area contributed by atoms with Gasteiger partial charge in [-0.3, -0.25) is 0 Å². The van der Waals surface area contributed by atoms with Crippen molar-refractivity contribution >= 4 is 5.97 Å². The number of carboxylic acids is 1. The predicted molar refractivity (Wildman–Crippen MR) is 91.9 cm³/mol. The van der Waals surface area contributed by atoms with Crippen LogP contribution in [0.2, 0.25) is 0 Å². The lowest BCUT2D eigenvalue weighted by molar-refractivity contribution is -0.308. The number of carboxylic acid groups (broad SMARTS) is 1. The van der Waals surface area contributed by atoms with Crippen LogP contribution in [-0.4, -0.2) is 5.97 Å². The van der Waals surface area contributed by atoms with E-state index in [2.05, 4.69) is 20.8 Å². The minimum atomic E-state index is -0.950. The van der Waals surface area contributed by atoms with Crippen molar-refractivity contribution in [3.63, 3.8) is 0 Å². The number of rotatable bonds is 9. The average Bonchev–Trinajstić information content (AvgIpc) is 2.41. The first-order valence-corrected chi connectivity index (χ1v) is 8.16. The summed E-state index contributed by atoms with van der Waals surface area (Å²) in [6.45, 7) is 6.83. The number of aliphatic carboxylic acids is 1. The molecule has 0 saturated heterocycles. The Morgan fingerprint density at radius 1 is 1.00 bits per heavy atom. The van der Waals surface area contributed by atoms with E-state index in [1.807, 2.05) is 30.3 Å². The Kier molecular flexibility index (Phi) is 9.75. The summed E-state index contributed by atoms with van der Waals surface area (Å²) in [5, 5.41) is 11.3. The lowest BCUT2D eigenvalue weighted by atomic mass is 9.89. The summed E-state index contributed by atoms with van der Waals surface area (Å²) < 4.78 is 0. The van der Waals surface area contributed by atoms with Crippen molar-refractivity contribution in [1.82, 2.24) is 6.15 Å². The summed E-state index contributed by atoms with van der Waals surface area (Å²) in [7, 11) is 0. The molecule has 0 fully saturated rings. The lowest BCUT2D eigenvalue weighted by Gasteiger charge is -2.19. The maximum absolute atomic E-state index is 11.3. The summed E-state index contributed by atoms with van der Waals surface area (Å²) >= 11 is 0. The van der Waals surface area contributed by atoms with Gasteiger partial charge in [0.05, 0.1) is 0 Å². The van der Waals surface area contributed by atoms with Gasteiger partial charge < -0.3 is 16.1 Å². The molecule has 0 aliphatic rings. The molecule has 0 amide bonds. The van der Waals surface area contributed by atoms with E-state index in [0.29, 0.717) is 11.8 Å². The predicted octanol–water partition coefficient (Wildman–Crippen LogP) is 4.67. The first-order chi connectivity index (χ1) is 9.90. The maximum atomic E-state index is 11.3. The normalized spacial score (nSPS) is 12.5. The first kappa shape index (κ1) is 20.6. The van der Waals surface area contributed by atoms with Gasteiger partial charge in [0, 0.05) is 11.9 Å². The largest absolute Gasteiger partial charge is 0.549 e. The van der Waals surface area contributed by atoms with Gasteiger partial charge in [-0.15, -0.1) is 0 Å². The highest BCUT2D eigenvalue weighted by Crippen LogP contribution is 2.24. The summed E-state index contributed by atoms with van der Waals surface area (Å²) in [6, 6.07) is 9.44. The summed E-state index contributed by atoms with van der Waals surface area (Å²) in [5.74, 6) is -1.41. The average molecular weight is 307 g/mol. The highest BCUT2D eigenvalue weighted by Gasteiger charge is 2.12. The lowest BCUT2D eigenvalue weighted by Crippen LogP contribution is -2.29. The van der Waals surface area contributed by atoms with Crippen LogP contribution in [0.3, 0.4) is 0 Å². The molecule has 3 heteroatoms. The molecule has 0 heterocycles. The van der Waals surface area contributed by atoms with E-state index in [9.17, 15) is 9.90 Å². The molecule has 0 saturated carbocycles. The molecule has 4 N–H and O–H groups in total. The first-order valence-electron chi connectivity index (χ1n) is 8.16. The van der Waals surface area contributed by atoms with E-state index in [-0.39, 0.29) is 6.15 Å². The molecule has 1 rings (SSSR count). The third-order valence-corrected chi connectivity index (χ3v) is 3.91. The van der Waals surface area contributed by atoms with Crippen molar-refractivity contribution in [3.8, 4) is 0 Å². The summed E-state index contributed by atoms with van der Waals surface area (Å²) in [6.07, 6.45) is 7.74. The zero-order chi connectivity index (χ0) is 15.7. The summed E-state index contributed by atoms with van der Waals surface area (Å²) in [4.78, 5) is 11.3. The maximum Gasteiger partial charge on any atom is 0.0489 e. The Hall–Kier alpha value is -1.35. The molecule has 1 unspecified atom stereocenters. The quantitative estimate of drug-likeness (QED) is 0.673. The SMILES string of the molecule is CC(C)(C)CCCCCCCC(C(=O)[O-])c1ccccc1.[NH4+]. The number of carbonyl (C=O) groups is 1. The summed E-state index contributed by atoms with van der Waals surface area (Å²) in [5.41, 5.74) is 1.29. The molecule has 22 heavy (non-hydrogen) atoms. The van der Waals surface area contributed by atoms with Gasteiger partial charge in [-0.2, -0.15) is 0 Å². The van der Waals surface area contributed by atoms with Crippen molar-refractivity contribution in [2.24, 2.45) is 5.41 Å². The van der Waals surface area contributed by atoms with Gasteiger partial charge >= 0.3 is 0 Å². The topological polar surface area (TPSA) is 76.6 Å². The minimum Gasteiger partial charge on any atom is -0.549 e. The van der Waals surface area contributed by atoms with E-state index < -0.39 is 11.9 Å². The minimum absolute atomic E-state index is 0. The smallest absolute Gasteiger partial charge is 0.0489 e. The van der Waals surface area contributed by atoms with Crippen LogP contribution in [0, 0.1) is 5.41 Å². The van der Waals surface area contributed by atoms with Crippen LogP contribution in [0.5, 0.6) is 0 Å². The van der Waals surface area contributed by atoms with Gasteiger partial charge in [0.2, 0.25) is 0 Å². The van der Waals surface area contributed by atoms with Gasteiger partial charge in [-0.25, -0.2) is 0 Å². The number of carbonyl (C=O) groups excluding carboxylic acids is 1. The van der Waals surface area contributed by atoms with Crippen LogP contribution in [0.1, 0.15) is 77.2 Å². The molecule has 3 nitrogen and oxygen atoms in total. The third-order valence-electron chi connectivity index (χ3n) is 3.91. The standard InChI is InChI=1S/C19H30O2.H3N/c1-19(2,3)15-11-6-4-5-10-14-17(18(20)21)16-12-8-7-9-13-16;/h7-9,12-13,17H,4-6,10-11,14-15H2,1-3H3,(H,20,21);1H3. The third kappa shape index (κ3) is 8.83. The molecule has 0 aromatic heterocycles. The fourth-order valence-corrected chi connectivity index (χ4v) is 2.64. The fourth-order valence-electron chi connectivity index (χ4n) is 2.64. The van der Waals surface area contributed by atoms with Crippen LogP contribution in [0.25, 0.3) is 0 Å². The van der Waals surface area contributed by atoms with Crippen LogP contribution in [-0.2, 0) is 4.79 Å².